The SMILES string of the molecule is C=Cc1c(C)oc2cccc(B(O)O)c12. The Bertz CT molecular complexity index is 514. The summed E-state index contributed by atoms with van der Waals surface area (Å²) in [6.45, 7) is 5.52. The van der Waals surface area contributed by atoms with Gasteiger partial charge in [-0.15, -0.1) is 0 Å². The van der Waals surface area contributed by atoms with Gasteiger partial charge in [0, 0.05) is 10.9 Å². The molecule has 2 aromatic rings. The molecular weight excluding hydrogens is 191 g/mol. The minimum Gasteiger partial charge on any atom is -0.461 e. The van der Waals surface area contributed by atoms with E-state index < -0.39 is 7.12 Å². The first kappa shape index (κ1) is 10.0. The second-order valence-corrected chi connectivity index (χ2v) is 3.37. The van der Waals surface area contributed by atoms with Gasteiger partial charge in [0.2, 0.25) is 0 Å². The molecule has 0 fully saturated rings. The van der Waals surface area contributed by atoms with Crippen LogP contribution in [0.1, 0.15) is 11.3 Å². The van der Waals surface area contributed by atoms with Crippen LogP contribution >= 0.6 is 0 Å². The zero-order chi connectivity index (χ0) is 11.0. The predicted octanol–water partition coefficient (Wildman–Crippen LogP) is 1.06. The maximum atomic E-state index is 9.23. The number of fused-ring (bicyclic) bond motifs is 1. The Balaban J connectivity index is 2.87. The van der Waals surface area contributed by atoms with Crippen LogP contribution in [0, 0.1) is 6.92 Å². The van der Waals surface area contributed by atoms with Gasteiger partial charge in [-0.05, 0) is 18.5 Å². The first-order valence-corrected chi connectivity index (χ1v) is 4.65. The Morgan fingerprint density at radius 3 is 2.73 bits per heavy atom. The van der Waals surface area contributed by atoms with E-state index in [0.717, 1.165) is 16.7 Å². The summed E-state index contributed by atoms with van der Waals surface area (Å²) in [4.78, 5) is 0. The van der Waals surface area contributed by atoms with E-state index in [4.69, 9.17) is 4.42 Å². The van der Waals surface area contributed by atoms with Gasteiger partial charge in [-0.3, -0.25) is 0 Å². The largest absolute Gasteiger partial charge is 0.489 e. The van der Waals surface area contributed by atoms with Gasteiger partial charge in [-0.2, -0.15) is 0 Å². The summed E-state index contributed by atoms with van der Waals surface area (Å²) in [6.07, 6.45) is 1.66. The van der Waals surface area contributed by atoms with Crippen LogP contribution in [0.25, 0.3) is 17.0 Å². The van der Waals surface area contributed by atoms with Crippen LogP contribution in [0.4, 0.5) is 0 Å². The predicted molar refractivity (Wildman–Crippen MR) is 60.9 cm³/mol. The smallest absolute Gasteiger partial charge is 0.461 e. The van der Waals surface area contributed by atoms with Gasteiger partial charge in [-0.1, -0.05) is 24.8 Å². The molecule has 3 nitrogen and oxygen atoms in total. The summed E-state index contributed by atoms with van der Waals surface area (Å²) in [6, 6.07) is 5.18. The molecule has 0 bridgehead atoms. The van der Waals surface area contributed by atoms with Crippen LogP contribution < -0.4 is 5.46 Å². The highest BCUT2D eigenvalue weighted by Gasteiger charge is 2.19. The lowest BCUT2D eigenvalue weighted by Gasteiger charge is -2.01. The van der Waals surface area contributed by atoms with Crippen molar-refractivity contribution in [1.82, 2.24) is 0 Å². The molecule has 0 spiro atoms. The lowest BCUT2D eigenvalue weighted by atomic mass is 9.77. The number of rotatable bonds is 2. The van der Waals surface area contributed by atoms with E-state index in [9.17, 15) is 10.0 Å². The fourth-order valence-electron chi connectivity index (χ4n) is 1.78. The molecule has 1 aromatic heterocycles. The number of aryl methyl sites for hydroxylation is 1. The Morgan fingerprint density at radius 1 is 1.40 bits per heavy atom. The molecule has 0 saturated heterocycles. The zero-order valence-electron chi connectivity index (χ0n) is 8.40. The Labute approximate surface area is 87.8 Å². The van der Waals surface area contributed by atoms with Crippen LogP contribution in [0.3, 0.4) is 0 Å². The molecule has 2 rings (SSSR count). The third kappa shape index (κ3) is 1.48. The minimum atomic E-state index is -1.50. The number of hydrogen-bond acceptors (Lipinski definition) is 3. The van der Waals surface area contributed by atoms with Crippen molar-refractivity contribution in [2.75, 3.05) is 0 Å². The molecule has 0 radical (unpaired) electrons. The van der Waals surface area contributed by atoms with Gasteiger partial charge in [-0.25, -0.2) is 0 Å². The van der Waals surface area contributed by atoms with E-state index in [0.29, 0.717) is 11.0 Å². The summed E-state index contributed by atoms with van der Waals surface area (Å²) in [5.74, 6) is 0.730. The lowest BCUT2D eigenvalue weighted by Crippen LogP contribution is -2.30. The highest BCUT2D eigenvalue weighted by molar-refractivity contribution is 6.62. The van der Waals surface area contributed by atoms with Crippen LogP contribution in [0.15, 0.2) is 29.2 Å². The highest BCUT2D eigenvalue weighted by Crippen LogP contribution is 2.24. The molecule has 76 valence electrons. The normalized spacial score (nSPS) is 10.6. The molecule has 15 heavy (non-hydrogen) atoms. The van der Waals surface area contributed by atoms with E-state index >= 15 is 0 Å². The van der Waals surface area contributed by atoms with Crippen molar-refractivity contribution in [2.24, 2.45) is 0 Å². The summed E-state index contributed by atoms with van der Waals surface area (Å²) in [7, 11) is -1.50. The average Bonchev–Trinajstić information content (AvgIpc) is 2.52. The van der Waals surface area contributed by atoms with Crippen molar-refractivity contribution in [3.63, 3.8) is 0 Å². The van der Waals surface area contributed by atoms with E-state index in [1.165, 1.54) is 0 Å². The van der Waals surface area contributed by atoms with E-state index in [2.05, 4.69) is 6.58 Å². The maximum absolute atomic E-state index is 9.23. The zero-order valence-corrected chi connectivity index (χ0v) is 8.40. The second kappa shape index (κ2) is 3.57. The van der Waals surface area contributed by atoms with Crippen LogP contribution in [0.5, 0.6) is 0 Å². The first-order chi connectivity index (χ1) is 7.15. The minimum absolute atomic E-state index is 0.444. The molecule has 0 unspecified atom stereocenters. The number of hydrogen-bond donors (Lipinski definition) is 2. The van der Waals surface area contributed by atoms with Gasteiger partial charge in [0.1, 0.15) is 11.3 Å². The summed E-state index contributed by atoms with van der Waals surface area (Å²) >= 11 is 0. The summed E-state index contributed by atoms with van der Waals surface area (Å²) in [5, 5.41) is 19.2. The third-order valence-electron chi connectivity index (χ3n) is 2.45. The van der Waals surface area contributed by atoms with Crippen LogP contribution in [0.2, 0.25) is 0 Å². The monoisotopic (exact) mass is 202 g/mol. The molecular formula is C11H11BO3. The maximum Gasteiger partial charge on any atom is 0.489 e. The van der Waals surface area contributed by atoms with Crippen LogP contribution in [-0.4, -0.2) is 17.2 Å². The van der Waals surface area contributed by atoms with E-state index in [-0.39, 0.29) is 0 Å². The molecule has 1 heterocycles. The number of furan rings is 1. The summed E-state index contributed by atoms with van der Waals surface area (Å²) in [5.41, 5.74) is 1.90. The molecule has 0 aliphatic rings. The van der Waals surface area contributed by atoms with Crippen molar-refractivity contribution in [3.8, 4) is 0 Å². The molecule has 1 aromatic carbocycles. The average molecular weight is 202 g/mol. The van der Waals surface area contributed by atoms with Crippen molar-refractivity contribution < 1.29 is 14.5 Å². The lowest BCUT2D eigenvalue weighted by molar-refractivity contribution is 0.426. The molecule has 0 saturated carbocycles. The van der Waals surface area contributed by atoms with Crippen molar-refractivity contribution in [2.45, 2.75) is 6.92 Å². The van der Waals surface area contributed by atoms with E-state index in [1.54, 1.807) is 24.3 Å². The molecule has 4 heteroatoms. The Hall–Kier alpha value is -1.52. The van der Waals surface area contributed by atoms with Crippen LogP contribution in [-0.2, 0) is 0 Å². The Kier molecular flexibility index (Phi) is 2.38. The van der Waals surface area contributed by atoms with Crippen molar-refractivity contribution >= 4 is 29.6 Å². The van der Waals surface area contributed by atoms with Crippen molar-refractivity contribution in [3.05, 3.63) is 36.1 Å². The topological polar surface area (TPSA) is 53.6 Å². The van der Waals surface area contributed by atoms with E-state index in [1.807, 2.05) is 6.92 Å². The van der Waals surface area contributed by atoms with Crippen molar-refractivity contribution in [1.29, 1.82) is 0 Å². The highest BCUT2D eigenvalue weighted by atomic mass is 16.4. The Morgan fingerprint density at radius 2 is 2.13 bits per heavy atom. The molecule has 0 aliphatic carbocycles. The molecule has 0 atom stereocenters. The first-order valence-electron chi connectivity index (χ1n) is 4.65. The quantitative estimate of drug-likeness (QED) is 0.716. The van der Waals surface area contributed by atoms with Gasteiger partial charge < -0.3 is 14.5 Å². The molecule has 2 N–H and O–H groups in total. The standard InChI is InChI=1S/C11H11BO3/c1-3-8-7(2)15-10-6-4-5-9(11(8)10)12(13)14/h3-6,13-14H,1H2,2H3. The fourth-order valence-corrected chi connectivity index (χ4v) is 1.78. The summed E-state index contributed by atoms with van der Waals surface area (Å²) < 4.78 is 5.49. The number of benzene rings is 1. The second-order valence-electron chi connectivity index (χ2n) is 3.37. The third-order valence-corrected chi connectivity index (χ3v) is 2.45. The van der Waals surface area contributed by atoms with Gasteiger partial charge in [0.25, 0.3) is 0 Å². The molecule has 0 amide bonds. The fraction of sp³-hybridized carbons (Fsp3) is 0.0909. The van der Waals surface area contributed by atoms with Gasteiger partial charge in [0.15, 0.2) is 0 Å². The van der Waals surface area contributed by atoms with Gasteiger partial charge >= 0.3 is 7.12 Å². The van der Waals surface area contributed by atoms with Gasteiger partial charge in [0.05, 0.1) is 0 Å². The molecule has 0 aliphatic heterocycles.